The summed E-state index contributed by atoms with van der Waals surface area (Å²) in [6.07, 6.45) is 12.7. The van der Waals surface area contributed by atoms with E-state index in [1.54, 1.807) is 30.4 Å². The molecule has 4 rings (SSSR count). The Balaban J connectivity index is 1.36. The van der Waals surface area contributed by atoms with E-state index in [1.807, 2.05) is 18.2 Å². The van der Waals surface area contributed by atoms with Crippen LogP contribution >= 0.6 is 11.6 Å². The van der Waals surface area contributed by atoms with Gasteiger partial charge in [0.1, 0.15) is 11.6 Å². The van der Waals surface area contributed by atoms with Crippen LogP contribution in [0.1, 0.15) is 50.5 Å². The van der Waals surface area contributed by atoms with Crippen molar-refractivity contribution >= 4 is 41.1 Å². The fourth-order valence-corrected chi connectivity index (χ4v) is 5.07. The van der Waals surface area contributed by atoms with Crippen molar-refractivity contribution in [1.82, 2.24) is 15.5 Å². The number of halogens is 1. The van der Waals surface area contributed by atoms with Crippen molar-refractivity contribution in [2.75, 3.05) is 13.1 Å². The summed E-state index contributed by atoms with van der Waals surface area (Å²) in [5.41, 5.74) is 1.33. The normalized spacial score (nSPS) is 19.9. The summed E-state index contributed by atoms with van der Waals surface area (Å²) in [6, 6.07) is 6.88. The van der Waals surface area contributed by atoms with Crippen LogP contribution < -0.4 is 10.6 Å². The molecule has 1 aliphatic heterocycles. The molecule has 190 valence electrons. The molecule has 0 aromatic heterocycles. The third kappa shape index (κ3) is 6.29. The van der Waals surface area contributed by atoms with Gasteiger partial charge in [-0.15, -0.1) is 0 Å². The molecule has 1 heterocycles. The molecule has 1 saturated carbocycles. The summed E-state index contributed by atoms with van der Waals surface area (Å²) >= 11 is 6.13. The summed E-state index contributed by atoms with van der Waals surface area (Å²) < 4.78 is 1.39. The number of nitrogens with zero attached hydrogens (tertiary/aromatic N) is 2. The maximum absolute atomic E-state index is 13.3. The van der Waals surface area contributed by atoms with Gasteiger partial charge in [0.05, 0.1) is 6.54 Å². The zero-order valence-electron chi connectivity index (χ0n) is 20.2. The molecule has 0 spiro atoms. The lowest BCUT2D eigenvalue weighted by Gasteiger charge is -2.27. The molecule has 1 fully saturated rings. The molecule has 2 aliphatic carbocycles. The molecule has 1 atom stereocenters. The Morgan fingerprint density at radius 3 is 2.61 bits per heavy atom. The highest BCUT2D eigenvalue weighted by molar-refractivity contribution is 6.31. The Morgan fingerprint density at radius 2 is 1.83 bits per heavy atom. The van der Waals surface area contributed by atoms with Crippen molar-refractivity contribution in [2.24, 2.45) is 5.92 Å². The lowest BCUT2D eigenvalue weighted by molar-refractivity contribution is -0.428. The van der Waals surface area contributed by atoms with E-state index in [-0.39, 0.29) is 43.3 Å². The van der Waals surface area contributed by atoms with Crippen molar-refractivity contribution in [2.45, 2.75) is 57.5 Å². The van der Waals surface area contributed by atoms with E-state index >= 15 is 0 Å². The molecule has 2 N–H and O–H groups in total. The highest BCUT2D eigenvalue weighted by Crippen LogP contribution is 2.21. The summed E-state index contributed by atoms with van der Waals surface area (Å²) in [6.45, 7) is 0.266. The number of hydrogen-bond donors (Lipinski definition) is 2. The molecule has 5 amide bonds. The fourth-order valence-electron chi connectivity index (χ4n) is 4.87. The predicted molar refractivity (Wildman–Crippen MR) is 137 cm³/mol. The number of nitrogens with one attached hydrogen (secondary N) is 2. The van der Waals surface area contributed by atoms with Crippen molar-refractivity contribution in [3.05, 3.63) is 59.2 Å². The van der Waals surface area contributed by atoms with Crippen LogP contribution in [0.3, 0.4) is 0 Å². The second kappa shape index (κ2) is 12.1. The number of benzene rings is 1. The molecule has 0 saturated heterocycles. The van der Waals surface area contributed by atoms with Gasteiger partial charge in [-0.1, -0.05) is 67.3 Å². The van der Waals surface area contributed by atoms with E-state index in [9.17, 15) is 19.2 Å². The summed E-state index contributed by atoms with van der Waals surface area (Å²) in [4.78, 5) is 52.7. The first kappa shape index (κ1) is 25.8. The topological polar surface area (TPSA) is 98.6 Å². The number of fused-ring (bicyclic) bond motifs is 1. The second-order valence-corrected chi connectivity index (χ2v) is 9.79. The van der Waals surface area contributed by atoms with Crippen molar-refractivity contribution in [1.29, 1.82) is 0 Å². The lowest BCUT2D eigenvalue weighted by Crippen LogP contribution is -2.56. The van der Waals surface area contributed by atoms with Gasteiger partial charge in [0, 0.05) is 24.0 Å². The Morgan fingerprint density at radius 1 is 1.06 bits per heavy atom. The Bertz CT molecular complexity index is 1120. The highest BCUT2D eigenvalue weighted by Gasteiger charge is 2.47. The lowest BCUT2D eigenvalue weighted by atomic mass is 9.94. The van der Waals surface area contributed by atoms with Crippen LogP contribution in [-0.2, 0) is 20.9 Å². The summed E-state index contributed by atoms with van der Waals surface area (Å²) in [5.74, 6) is -1.37. The largest absolute Gasteiger partial charge is 0.501 e. The van der Waals surface area contributed by atoms with Gasteiger partial charge in [0.2, 0.25) is 5.91 Å². The van der Waals surface area contributed by atoms with Gasteiger partial charge in [-0.3, -0.25) is 9.59 Å². The number of allylic oxidation sites excluding steroid dienone is 3. The molecule has 9 heteroatoms. The SMILES string of the molecule is O=C(CCCN1C(=O)C2C=CC=CC2=[N+](CC(=O)NC2CCCCC2)C1=O)NCc1ccccc1Cl. The van der Waals surface area contributed by atoms with Crippen LogP contribution in [0.4, 0.5) is 4.79 Å². The van der Waals surface area contributed by atoms with E-state index < -0.39 is 11.9 Å². The fraction of sp³-hybridized carbons (Fsp3) is 0.444. The van der Waals surface area contributed by atoms with Gasteiger partial charge >= 0.3 is 11.9 Å². The zero-order chi connectivity index (χ0) is 25.5. The Kier molecular flexibility index (Phi) is 8.70. The minimum absolute atomic E-state index is 0.0965. The number of imide groups is 1. The van der Waals surface area contributed by atoms with E-state index in [0.29, 0.717) is 23.7 Å². The maximum atomic E-state index is 13.3. The van der Waals surface area contributed by atoms with E-state index in [1.165, 1.54) is 11.0 Å². The number of urea groups is 1. The molecule has 36 heavy (non-hydrogen) atoms. The van der Waals surface area contributed by atoms with Gasteiger partial charge < -0.3 is 10.6 Å². The van der Waals surface area contributed by atoms with Gasteiger partial charge in [-0.25, -0.2) is 4.79 Å². The van der Waals surface area contributed by atoms with Crippen LogP contribution in [0.25, 0.3) is 0 Å². The zero-order valence-corrected chi connectivity index (χ0v) is 21.0. The number of carbonyl (C=O) groups is 4. The quantitative estimate of drug-likeness (QED) is 0.497. The third-order valence-corrected chi connectivity index (χ3v) is 7.17. The number of carbonyl (C=O) groups excluding carboxylic acids is 4. The first-order valence-electron chi connectivity index (χ1n) is 12.6. The van der Waals surface area contributed by atoms with Crippen molar-refractivity contribution < 1.29 is 23.8 Å². The molecule has 1 aromatic carbocycles. The number of hydrogen-bond acceptors (Lipinski definition) is 4. The average molecular weight is 512 g/mol. The Labute approximate surface area is 216 Å². The van der Waals surface area contributed by atoms with Crippen LogP contribution in [0, 0.1) is 5.92 Å². The van der Waals surface area contributed by atoms with Gasteiger partial charge in [-0.05, 0) is 37.0 Å². The van der Waals surface area contributed by atoms with Crippen LogP contribution in [-0.4, -0.2) is 58.1 Å². The van der Waals surface area contributed by atoms with Crippen molar-refractivity contribution in [3.63, 3.8) is 0 Å². The van der Waals surface area contributed by atoms with Gasteiger partial charge in [0.25, 0.3) is 5.91 Å². The van der Waals surface area contributed by atoms with E-state index in [0.717, 1.165) is 36.1 Å². The molecule has 0 bridgehead atoms. The Hall–Kier alpha value is -3.26. The summed E-state index contributed by atoms with van der Waals surface area (Å²) in [7, 11) is 0. The van der Waals surface area contributed by atoms with Gasteiger partial charge in [-0.2, -0.15) is 14.3 Å². The standard InChI is InChI=1S/C27H31ClN4O4/c28-22-13-6-4-9-19(22)17-29-24(33)15-8-16-31-26(35)21-12-5-7-14-23(21)32(27(31)36)18-25(34)30-20-10-2-1-3-11-20/h4-7,9,12-14,20-21H,1-3,8,10-11,15-18H2,(H-,29,30,33,34)/p+1. The molecule has 0 radical (unpaired) electrons. The minimum atomic E-state index is -0.621. The predicted octanol–water partition coefficient (Wildman–Crippen LogP) is 3.34. The summed E-state index contributed by atoms with van der Waals surface area (Å²) in [5, 5.41) is 6.44. The number of amides is 5. The van der Waals surface area contributed by atoms with Crippen LogP contribution in [0.15, 0.2) is 48.6 Å². The van der Waals surface area contributed by atoms with E-state index in [4.69, 9.17) is 11.6 Å². The molecular formula is C27H32ClN4O4+. The first-order valence-corrected chi connectivity index (χ1v) is 13.0. The third-order valence-electron chi connectivity index (χ3n) is 6.80. The monoisotopic (exact) mass is 511 g/mol. The molecule has 1 aromatic rings. The molecule has 1 unspecified atom stereocenters. The van der Waals surface area contributed by atoms with E-state index in [2.05, 4.69) is 10.6 Å². The van der Waals surface area contributed by atoms with Crippen molar-refractivity contribution in [3.8, 4) is 0 Å². The maximum Gasteiger partial charge on any atom is 0.501 e. The second-order valence-electron chi connectivity index (χ2n) is 9.38. The number of rotatable bonds is 9. The molecular weight excluding hydrogens is 480 g/mol. The highest BCUT2D eigenvalue weighted by atomic mass is 35.5. The average Bonchev–Trinajstić information content (AvgIpc) is 2.88. The van der Waals surface area contributed by atoms with Crippen LogP contribution in [0.2, 0.25) is 5.02 Å². The minimum Gasteiger partial charge on any atom is -0.352 e. The van der Waals surface area contributed by atoms with Gasteiger partial charge in [0.15, 0.2) is 6.54 Å². The van der Waals surface area contributed by atoms with Crippen LogP contribution in [0.5, 0.6) is 0 Å². The smallest absolute Gasteiger partial charge is 0.352 e. The molecule has 8 nitrogen and oxygen atoms in total. The molecule has 3 aliphatic rings. The first-order chi connectivity index (χ1) is 17.4.